The molecule has 0 radical (unpaired) electrons. The smallest absolute Gasteiger partial charge is 0.163 e. The zero-order valence-electron chi connectivity index (χ0n) is 11.7. The Kier molecular flexibility index (Phi) is 4.84. The first-order valence-electron chi connectivity index (χ1n) is 6.59. The minimum absolute atomic E-state index is 0.320. The van der Waals surface area contributed by atoms with E-state index in [0.29, 0.717) is 21.8 Å². The Labute approximate surface area is 129 Å². The van der Waals surface area contributed by atoms with E-state index in [1.807, 2.05) is 19.1 Å². The van der Waals surface area contributed by atoms with Crippen molar-refractivity contribution >= 4 is 29.0 Å². The number of benzene rings is 1. The fourth-order valence-corrected chi connectivity index (χ4v) is 2.32. The summed E-state index contributed by atoms with van der Waals surface area (Å²) >= 11 is 12.2. The van der Waals surface area contributed by atoms with Crippen LogP contribution in [-0.2, 0) is 0 Å². The van der Waals surface area contributed by atoms with Crippen LogP contribution in [0.3, 0.4) is 0 Å². The summed E-state index contributed by atoms with van der Waals surface area (Å²) in [6, 6.07) is 7.32. The predicted octanol–water partition coefficient (Wildman–Crippen LogP) is 5.01. The summed E-state index contributed by atoms with van der Waals surface area (Å²) in [7, 11) is 0. The number of rotatable bonds is 4. The molecule has 106 valence electrons. The van der Waals surface area contributed by atoms with Gasteiger partial charge in [0.1, 0.15) is 5.82 Å². The topological polar surface area (TPSA) is 37.8 Å². The van der Waals surface area contributed by atoms with Gasteiger partial charge in [-0.15, -0.1) is 0 Å². The number of aromatic nitrogens is 2. The number of anilines is 1. The van der Waals surface area contributed by atoms with Gasteiger partial charge >= 0.3 is 0 Å². The van der Waals surface area contributed by atoms with Gasteiger partial charge in [-0.2, -0.15) is 0 Å². The summed E-state index contributed by atoms with van der Waals surface area (Å²) in [4.78, 5) is 9.11. The number of nitrogens with one attached hydrogen (secondary N) is 1. The molecule has 20 heavy (non-hydrogen) atoms. The molecule has 0 saturated carbocycles. The third-order valence-corrected chi connectivity index (χ3v) is 3.42. The van der Waals surface area contributed by atoms with Gasteiger partial charge in [0.15, 0.2) is 5.82 Å². The van der Waals surface area contributed by atoms with E-state index in [1.165, 1.54) is 0 Å². The molecule has 1 aromatic heterocycles. The average molecular weight is 310 g/mol. The largest absolute Gasteiger partial charge is 0.370 e. The van der Waals surface area contributed by atoms with Crippen LogP contribution < -0.4 is 5.32 Å². The third kappa shape index (κ3) is 3.41. The van der Waals surface area contributed by atoms with Crippen molar-refractivity contribution in [2.24, 2.45) is 0 Å². The van der Waals surface area contributed by atoms with Crippen molar-refractivity contribution in [3.05, 3.63) is 40.0 Å². The first-order valence-corrected chi connectivity index (χ1v) is 7.35. The maximum atomic E-state index is 6.24. The van der Waals surface area contributed by atoms with E-state index >= 15 is 0 Å². The van der Waals surface area contributed by atoms with Gasteiger partial charge < -0.3 is 5.32 Å². The lowest BCUT2D eigenvalue weighted by atomic mass is 10.1. The third-order valence-electron chi connectivity index (χ3n) is 2.87. The second-order valence-electron chi connectivity index (χ2n) is 4.81. The lowest BCUT2D eigenvalue weighted by Gasteiger charge is -2.12. The van der Waals surface area contributed by atoms with Crippen LogP contribution in [0.4, 0.5) is 5.82 Å². The van der Waals surface area contributed by atoms with E-state index in [2.05, 4.69) is 29.1 Å². The zero-order valence-corrected chi connectivity index (χ0v) is 13.3. The molecule has 5 heteroatoms. The molecular weight excluding hydrogens is 293 g/mol. The SMILES string of the molecule is CCNc1cc(C(C)C)nc(-c2ccc(Cl)cc2Cl)n1. The number of hydrogen-bond acceptors (Lipinski definition) is 3. The van der Waals surface area contributed by atoms with Crippen LogP contribution in [0.25, 0.3) is 11.4 Å². The molecule has 0 bridgehead atoms. The molecule has 0 aliphatic rings. The van der Waals surface area contributed by atoms with Gasteiger partial charge in [-0.1, -0.05) is 37.0 Å². The molecule has 1 heterocycles. The molecule has 0 unspecified atom stereocenters. The summed E-state index contributed by atoms with van der Waals surface area (Å²) in [5.41, 5.74) is 1.77. The van der Waals surface area contributed by atoms with Crippen LogP contribution in [0.5, 0.6) is 0 Å². The van der Waals surface area contributed by atoms with E-state index in [9.17, 15) is 0 Å². The normalized spacial score (nSPS) is 10.9. The Bertz CT molecular complexity index is 612. The van der Waals surface area contributed by atoms with Crippen LogP contribution in [0.2, 0.25) is 10.0 Å². The molecule has 0 saturated heterocycles. The molecule has 0 fully saturated rings. The Balaban J connectivity index is 2.54. The average Bonchev–Trinajstić information content (AvgIpc) is 2.38. The molecule has 0 atom stereocenters. The van der Waals surface area contributed by atoms with E-state index in [0.717, 1.165) is 23.6 Å². The number of hydrogen-bond donors (Lipinski definition) is 1. The Hall–Kier alpha value is -1.32. The Morgan fingerprint density at radius 2 is 1.90 bits per heavy atom. The van der Waals surface area contributed by atoms with Crippen LogP contribution in [-0.4, -0.2) is 16.5 Å². The summed E-state index contributed by atoms with van der Waals surface area (Å²) in [5.74, 6) is 1.75. The van der Waals surface area contributed by atoms with Crippen molar-refractivity contribution in [2.75, 3.05) is 11.9 Å². The van der Waals surface area contributed by atoms with E-state index in [1.54, 1.807) is 12.1 Å². The van der Waals surface area contributed by atoms with Gasteiger partial charge in [0.25, 0.3) is 0 Å². The lowest BCUT2D eigenvalue weighted by molar-refractivity contribution is 0.817. The van der Waals surface area contributed by atoms with E-state index in [-0.39, 0.29) is 0 Å². The van der Waals surface area contributed by atoms with Gasteiger partial charge in [-0.25, -0.2) is 9.97 Å². The van der Waals surface area contributed by atoms with E-state index < -0.39 is 0 Å². The highest BCUT2D eigenvalue weighted by Crippen LogP contribution is 2.29. The van der Waals surface area contributed by atoms with Gasteiger partial charge in [0.2, 0.25) is 0 Å². The van der Waals surface area contributed by atoms with Crippen molar-refractivity contribution in [3.8, 4) is 11.4 Å². The highest BCUT2D eigenvalue weighted by atomic mass is 35.5. The van der Waals surface area contributed by atoms with Gasteiger partial charge in [-0.3, -0.25) is 0 Å². The summed E-state index contributed by atoms with van der Waals surface area (Å²) in [6.07, 6.45) is 0. The van der Waals surface area contributed by atoms with Crippen LogP contribution >= 0.6 is 23.2 Å². The number of halogens is 2. The van der Waals surface area contributed by atoms with Crippen molar-refractivity contribution in [1.82, 2.24) is 9.97 Å². The minimum Gasteiger partial charge on any atom is -0.370 e. The Morgan fingerprint density at radius 1 is 1.15 bits per heavy atom. The quantitative estimate of drug-likeness (QED) is 0.863. The van der Waals surface area contributed by atoms with Crippen LogP contribution in [0.1, 0.15) is 32.4 Å². The molecule has 3 nitrogen and oxygen atoms in total. The minimum atomic E-state index is 0.320. The molecule has 1 aromatic carbocycles. The molecule has 0 aliphatic carbocycles. The summed E-state index contributed by atoms with van der Waals surface area (Å²) in [5, 5.41) is 4.38. The van der Waals surface area contributed by atoms with Gasteiger partial charge in [-0.05, 0) is 31.0 Å². The summed E-state index contributed by atoms with van der Waals surface area (Å²) in [6.45, 7) is 7.05. The van der Waals surface area contributed by atoms with Crippen molar-refractivity contribution in [1.29, 1.82) is 0 Å². The second kappa shape index (κ2) is 6.42. The first kappa shape index (κ1) is 15.1. The summed E-state index contributed by atoms with van der Waals surface area (Å²) < 4.78 is 0. The second-order valence-corrected chi connectivity index (χ2v) is 5.65. The fourth-order valence-electron chi connectivity index (χ4n) is 1.82. The first-order chi connectivity index (χ1) is 9.51. The van der Waals surface area contributed by atoms with Gasteiger partial charge in [0.05, 0.1) is 5.02 Å². The van der Waals surface area contributed by atoms with Gasteiger partial charge in [0, 0.05) is 28.9 Å². The number of nitrogens with zero attached hydrogens (tertiary/aromatic N) is 2. The van der Waals surface area contributed by atoms with Crippen molar-refractivity contribution < 1.29 is 0 Å². The monoisotopic (exact) mass is 309 g/mol. The zero-order chi connectivity index (χ0) is 14.7. The van der Waals surface area contributed by atoms with Crippen LogP contribution in [0.15, 0.2) is 24.3 Å². The fraction of sp³-hybridized carbons (Fsp3) is 0.333. The molecular formula is C15H17Cl2N3. The molecule has 0 amide bonds. The van der Waals surface area contributed by atoms with Crippen molar-refractivity contribution in [2.45, 2.75) is 26.7 Å². The maximum Gasteiger partial charge on any atom is 0.163 e. The molecule has 0 spiro atoms. The standard InChI is InChI=1S/C15H17Cl2N3/c1-4-18-14-8-13(9(2)3)19-15(20-14)11-6-5-10(16)7-12(11)17/h5-9H,4H2,1-3H3,(H,18,19,20). The highest BCUT2D eigenvalue weighted by Gasteiger charge is 2.12. The van der Waals surface area contributed by atoms with E-state index in [4.69, 9.17) is 23.2 Å². The van der Waals surface area contributed by atoms with Crippen LogP contribution in [0, 0.1) is 0 Å². The maximum absolute atomic E-state index is 6.24. The Morgan fingerprint density at radius 3 is 2.50 bits per heavy atom. The predicted molar refractivity (Wildman–Crippen MR) is 85.7 cm³/mol. The molecule has 0 aliphatic heterocycles. The molecule has 2 rings (SSSR count). The van der Waals surface area contributed by atoms with Crippen molar-refractivity contribution in [3.63, 3.8) is 0 Å². The highest BCUT2D eigenvalue weighted by molar-refractivity contribution is 6.36. The lowest BCUT2D eigenvalue weighted by Crippen LogP contribution is -2.05. The molecule has 2 aromatic rings. The molecule has 1 N–H and O–H groups in total.